The van der Waals surface area contributed by atoms with Gasteiger partial charge in [0.25, 0.3) is 0 Å². The lowest BCUT2D eigenvalue weighted by molar-refractivity contribution is -0.307. The topological polar surface area (TPSA) is 413 Å². The van der Waals surface area contributed by atoms with Crippen LogP contribution in [0.4, 0.5) is 0 Å². The average molecular weight is 1090 g/mol. The smallest absolute Gasteiger partial charge is 0.308 e. The van der Waals surface area contributed by atoms with Crippen molar-refractivity contribution in [3.8, 4) is 0 Å². The molecular formula is C53H86N2O21. The first-order chi connectivity index (χ1) is 35.8. The molecule has 0 spiro atoms. The fourth-order valence-corrected chi connectivity index (χ4v) is 9.00. The Kier molecular flexibility index (Phi) is 29.0. The van der Waals surface area contributed by atoms with Gasteiger partial charge < -0.3 is 107 Å². The summed E-state index contributed by atoms with van der Waals surface area (Å²) in [6, 6.07) is -1.22. The number of hydrogen-bond acceptors (Lipinski definition) is 22. The van der Waals surface area contributed by atoms with E-state index in [1.165, 1.54) is 19.1 Å². The molecule has 0 aromatic carbocycles. The molecule has 76 heavy (non-hydrogen) atoms. The SMILES string of the molecule is C[C@@H]1[C@H](O)[C@@H](C)/C=C/C=C/C=C/C=C/C=C/C=C/C=C/[C@H](OC2O[C@H](C)[C@@H](O)[C@H](N)[C@@H]2O)CC2O[C@](O)(C[C@@H](O)C[C@@H](O)[C@H](O)CC[C@@H](O)C[C@@H](O)CC(=O)O[C@H]1C)C[C@H](O)C2C(=O)NCC(O)C(O)C(O)C(O)CO. The number of cyclic esters (lactones) is 1. The Hall–Kier alpha value is -3.64. The van der Waals surface area contributed by atoms with E-state index in [2.05, 4.69) is 5.32 Å². The zero-order chi connectivity index (χ0) is 56.9. The quantitative estimate of drug-likeness (QED) is 0.104. The van der Waals surface area contributed by atoms with E-state index in [9.17, 15) is 86.2 Å². The number of aliphatic hydroxyl groups is 15. The van der Waals surface area contributed by atoms with Gasteiger partial charge in [-0.25, -0.2) is 0 Å². The molecule has 0 aromatic heterocycles. The molecule has 2 fully saturated rings. The minimum Gasteiger partial charge on any atom is -0.462 e. The number of esters is 1. The molecule has 0 saturated carbocycles. The maximum Gasteiger partial charge on any atom is 0.308 e. The van der Waals surface area contributed by atoms with Gasteiger partial charge in [-0.2, -0.15) is 0 Å². The molecule has 0 aliphatic carbocycles. The zero-order valence-corrected chi connectivity index (χ0v) is 43.6. The van der Waals surface area contributed by atoms with Crippen LogP contribution >= 0.6 is 0 Å². The summed E-state index contributed by atoms with van der Waals surface area (Å²) in [6.07, 6.45) is -6.27. The molecule has 0 radical (unpaired) electrons. The zero-order valence-electron chi connectivity index (χ0n) is 43.6. The second-order valence-electron chi connectivity index (χ2n) is 20.3. The van der Waals surface area contributed by atoms with Gasteiger partial charge in [0, 0.05) is 44.1 Å². The molecule has 18 N–H and O–H groups in total. The number of carbonyl (C=O) groups excluding carboxylic acids is 2. The maximum absolute atomic E-state index is 13.9. The van der Waals surface area contributed by atoms with Crippen LogP contribution in [0.5, 0.6) is 0 Å². The molecule has 3 heterocycles. The van der Waals surface area contributed by atoms with Crippen molar-refractivity contribution in [2.75, 3.05) is 13.2 Å². The highest BCUT2D eigenvalue weighted by Gasteiger charge is 2.51. The van der Waals surface area contributed by atoms with Crippen LogP contribution in [0.15, 0.2) is 85.1 Å². The third-order valence-corrected chi connectivity index (χ3v) is 13.9. The highest BCUT2D eigenvalue weighted by Crippen LogP contribution is 2.38. The lowest BCUT2D eigenvalue weighted by atomic mass is 9.82. The number of allylic oxidation sites excluding steroid dienone is 12. The van der Waals surface area contributed by atoms with Crippen LogP contribution in [0.1, 0.15) is 79.1 Å². The van der Waals surface area contributed by atoms with Crippen LogP contribution in [0.2, 0.25) is 0 Å². The van der Waals surface area contributed by atoms with Gasteiger partial charge in [0.05, 0.1) is 98.2 Å². The number of hydrogen-bond donors (Lipinski definition) is 17. The Morgan fingerprint density at radius 1 is 0.684 bits per heavy atom. The molecule has 23 nitrogen and oxygen atoms in total. The van der Waals surface area contributed by atoms with Crippen molar-refractivity contribution in [3.05, 3.63) is 85.1 Å². The normalized spacial score (nSPS) is 42.3. The van der Waals surface area contributed by atoms with Crippen molar-refractivity contribution in [2.24, 2.45) is 23.5 Å². The van der Waals surface area contributed by atoms with E-state index in [4.69, 9.17) is 24.7 Å². The first-order valence-corrected chi connectivity index (χ1v) is 25.9. The molecule has 434 valence electrons. The Morgan fingerprint density at radius 3 is 1.84 bits per heavy atom. The minimum absolute atomic E-state index is 0.155. The van der Waals surface area contributed by atoms with Crippen LogP contribution in [0.25, 0.3) is 0 Å². The second-order valence-corrected chi connectivity index (χ2v) is 20.3. The van der Waals surface area contributed by atoms with Gasteiger partial charge >= 0.3 is 5.97 Å². The fraction of sp³-hybridized carbons (Fsp3) is 0.698. The molecule has 7 unspecified atom stereocenters. The van der Waals surface area contributed by atoms with Crippen molar-refractivity contribution >= 4 is 11.9 Å². The van der Waals surface area contributed by atoms with Crippen LogP contribution in [-0.4, -0.2) is 224 Å². The summed E-state index contributed by atoms with van der Waals surface area (Å²) >= 11 is 0. The summed E-state index contributed by atoms with van der Waals surface area (Å²) in [6.45, 7) is 4.94. The van der Waals surface area contributed by atoms with E-state index < -0.39 is 191 Å². The molecular weight excluding hydrogens is 1000 g/mol. The van der Waals surface area contributed by atoms with E-state index >= 15 is 0 Å². The number of amides is 1. The van der Waals surface area contributed by atoms with Gasteiger partial charge in [-0.05, 0) is 33.1 Å². The Bertz CT molecular complexity index is 1930. The predicted octanol–water partition coefficient (Wildman–Crippen LogP) is -2.82. The molecule has 1 amide bonds. The van der Waals surface area contributed by atoms with Crippen molar-refractivity contribution in [2.45, 2.75) is 201 Å². The Labute approximate surface area is 443 Å². The van der Waals surface area contributed by atoms with Gasteiger partial charge in [-0.3, -0.25) is 9.59 Å². The third kappa shape index (κ3) is 21.9. The number of aliphatic hydroxyl groups excluding tert-OH is 14. The number of rotatable bonds is 9. The first-order valence-electron chi connectivity index (χ1n) is 25.9. The third-order valence-electron chi connectivity index (χ3n) is 13.9. The Balaban J connectivity index is 1.97. The van der Waals surface area contributed by atoms with Crippen molar-refractivity contribution < 1.29 is 105 Å². The minimum atomic E-state index is -2.45. The van der Waals surface area contributed by atoms with E-state index in [1.54, 1.807) is 86.8 Å². The fourth-order valence-electron chi connectivity index (χ4n) is 9.00. The first kappa shape index (κ1) is 66.6. The maximum atomic E-state index is 13.9. The van der Waals surface area contributed by atoms with Gasteiger partial charge in [0.1, 0.15) is 30.5 Å². The standard InChI is InChI=1S/C53H86N2O21/c1-29-17-15-13-11-9-7-5-6-8-10-12-14-16-18-36(75-52-50(70)45(54)47(67)32(4)74-52)24-42-44(51(71)55-27-40(63)48(68)49(69)41(64)28-56)39(62)26-53(72,76-42)25-35(59)22-38(61)37(60)20-19-33(57)21-34(58)23-43(65)73-31(3)30(2)46(29)66/h5-18,29-42,44-50,52,56-64,66-70,72H,19-28,54H2,1-4H3,(H,55,71)/b6-5+,9-7+,10-8+,13-11+,14-12+,17-15+,18-16+/t29-,30-,31-,32+,33+,34+,35-,36-,37+,38+,39-,40?,41?,42?,44?,45-,46+,47+,48?,49?,50-,52?,53+/m0/s1. The van der Waals surface area contributed by atoms with Crippen LogP contribution in [-0.2, 0) is 28.5 Å². The van der Waals surface area contributed by atoms with Crippen molar-refractivity contribution in [3.63, 3.8) is 0 Å². The number of ether oxygens (including phenoxy) is 4. The summed E-state index contributed by atoms with van der Waals surface area (Å²) in [5.41, 5.74) is 6.08. The van der Waals surface area contributed by atoms with E-state index in [-0.39, 0.29) is 25.2 Å². The number of fused-ring (bicyclic) bond motifs is 2. The molecule has 2 saturated heterocycles. The number of carbonyl (C=O) groups is 2. The Morgan fingerprint density at radius 2 is 1.25 bits per heavy atom. The molecule has 3 rings (SSSR count). The van der Waals surface area contributed by atoms with E-state index in [0.29, 0.717) is 0 Å². The summed E-state index contributed by atoms with van der Waals surface area (Å²) < 4.78 is 23.5. The summed E-state index contributed by atoms with van der Waals surface area (Å²) in [4.78, 5) is 26.6. The van der Waals surface area contributed by atoms with Crippen molar-refractivity contribution in [1.82, 2.24) is 5.32 Å². The molecule has 23 heteroatoms. The highest BCUT2D eigenvalue weighted by atomic mass is 16.7. The summed E-state index contributed by atoms with van der Waals surface area (Å²) in [5.74, 6) is -6.61. The van der Waals surface area contributed by atoms with Gasteiger partial charge in [-0.1, -0.05) is 98.9 Å². The monoisotopic (exact) mass is 1090 g/mol. The van der Waals surface area contributed by atoms with Gasteiger partial charge in [0.15, 0.2) is 12.1 Å². The molecule has 3 aliphatic heterocycles. The molecule has 0 aromatic rings. The summed E-state index contributed by atoms with van der Waals surface area (Å²) in [5, 5.41) is 162. The molecule has 23 atom stereocenters. The largest absolute Gasteiger partial charge is 0.462 e. The van der Waals surface area contributed by atoms with Crippen LogP contribution in [0.3, 0.4) is 0 Å². The molecule has 2 bridgehead atoms. The lowest BCUT2D eigenvalue weighted by Gasteiger charge is -2.46. The van der Waals surface area contributed by atoms with Crippen molar-refractivity contribution in [1.29, 1.82) is 0 Å². The van der Waals surface area contributed by atoms with E-state index in [1.807, 2.05) is 6.92 Å². The van der Waals surface area contributed by atoms with Gasteiger partial charge in [-0.15, -0.1) is 0 Å². The molecule has 3 aliphatic rings. The number of nitrogens with two attached hydrogens (primary N) is 1. The highest BCUT2D eigenvalue weighted by molar-refractivity contribution is 5.80. The van der Waals surface area contributed by atoms with E-state index in [0.717, 1.165) is 0 Å². The van der Waals surface area contributed by atoms with Gasteiger partial charge in [0.2, 0.25) is 5.91 Å². The second kappa shape index (κ2) is 33.1. The average Bonchev–Trinajstić information content (AvgIpc) is 3.35. The summed E-state index contributed by atoms with van der Waals surface area (Å²) in [7, 11) is 0. The lowest BCUT2D eigenvalue weighted by Crippen LogP contribution is -2.62. The van der Waals surface area contributed by atoms with Crippen LogP contribution in [0, 0.1) is 17.8 Å². The predicted molar refractivity (Wildman–Crippen MR) is 273 cm³/mol. The van der Waals surface area contributed by atoms with Crippen LogP contribution < -0.4 is 11.1 Å². The number of nitrogens with one attached hydrogen (secondary N) is 1.